The molecule has 3 heterocycles. The van der Waals surface area contributed by atoms with E-state index in [9.17, 15) is 4.79 Å². The second-order valence-corrected chi connectivity index (χ2v) is 7.77. The first-order valence-electron chi connectivity index (χ1n) is 9.92. The maximum absolute atomic E-state index is 12.6. The van der Waals surface area contributed by atoms with E-state index in [0.29, 0.717) is 5.92 Å². The van der Waals surface area contributed by atoms with Crippen LogP contribution in [-0.2, 0) is 11.8 Å². The molecule has 0 spiro atoms. The summed E-state index contributed by atoms with van der Waals surface area (Å²) in [4.78, 5) is 21.9. The molecule has 0 radical (unpaired) electrons. The van der Waals surface area contributed by atoms with Crippen LogP contribution in [0, 0.1) is 17.2 Å². The first-order chi connectivity index (χ1) is 13.6. The lowest BCUT2D eigenvalue weighted by Crippen LogP contribution is -2.44. The molecule has 2 saturated heterocycles. The summed E-state index contributed by atoms with van der Waals surface area (Å²) in [6.45, 7) is 6.95. The first-order valence-corrected chi connectivity index (χ1v) is 9.92. The van der Waals surface area contributed by atoms with Gasteiger partial charge in [-0.2, -0.15) is 5.26 Å². The van der Waals surface area contributed by atoms with Crippen LogP contribution in [0.25, 0.3) is 11.0 Å². The first kappa shape index (κ1) is 18.6. The molecule has 2 N–H and O–H groups in total. The molecule has 2 atom stereocenters. The third-order valence-corrected chi connectivity index (χ3v) is 5.73. The number of hydrogen-bond acceptors (Lipinski definition) is 6. The van der Waals surface area contributed by atoms with Crippen molar-refractivity contribution in [3.05, 3.63) is 18.2 Å². The monoisotopic (exact) mass is 381 g/mol. The minimum atomic E-state index is -0.286. The number of imidazole rings is 1. The second-order valence-electron chi connectivity index (χ2n) is 7.77. The zero-order valence-electron chi connectivity index (χ0n) is 16.5. The summed E-state index contributed by atoms with van der Waals surface area (Å²) in [6, 6.07) is 8.11. The summed E-state index contributed by atoms with van der Waals surface area (Å²) in [5.74, 6) is 1.11. The van der Waals surface area contributed by atoms with Crippen molar-refractivity contribution in [3.63, 3.8) is 0 Å². The predicted octanol–water partition coefficient (Wildman–Crippen LogP) is 0.837. The SMILES string of the molecule is C[C@H]1C[C@@H](C(=O)NCC#N)N(c2nc3cc(N4CCNCC4)ccc3n2C)C1. The number of piperazine rings is 1. The third-order valence-electron chi connectivity index (χ3n) is 5.73. The number of nitriles is 1. The minimum absolute atomic E-state index is 0.0359. The van der Waals surface area contributed by atoms with Crippen LogP contribution in [0.3, 0.4) is 0 Å². The quantitative estimate of drug-likeness (QED) is 0.763. The molecule has 8 heteroatoms. The summed E-state index contributed by atoms with van der Waals surface area (Å²) in [6.07, 6.45) is 0.770. The summed E-state index contributed by atoms with van der Waals surface area (Å²) in [5.41, 5.74) is 3.20. The Morgan fingerprint density at radius 2 is 2.18 bits per heavy atom. The van der Waals surface area contributed by atoms with Gasteiger partial charge >= 0.3 is 0 Å². The van der Waals surface area contributed by atoms with Crippen molar-refractivity contribution in [2.75, 3.05) is 49.1 Å². The number of aromatic nitrogens is 2. The van der Waals surface area contributed by atoms with Gasteiger partial charge in [0.05, 0.1) is 17.1 Å². The lowest BCUT2D eigenvalue weighted by molar-refractivity contribution is -0.122. The largest absolute Gasteiger partial charge is 0.369 e. The Labute approximate surface area is 165 Å². The molecule has 28 heavy (non-hydrogen) atoms. The summed E-state index contributed by atoms with van der Waals surface area (Å²) < 4.78 is 2.07. The van der Waals surface area contributed by atoms with Gasteiger partial charge in [-0.05, 0) is 30.5 Å². The number of hydrogen-bond donors (Lipinski definition) is 2. The molecule has 1 aromatic carbocycles. The van der Waals surface area contributed by atoms with Crippen molar-refractivity contribution in [2.24, 2.45) is 13.0 Å². The number of carbonyl (C=O) groups is 1. The summed E-state index contributed by atoms with van der Waals surface area (Å²) >= 11 is 0. The molecule has 2 aromatic rings. The molecule has 1 amide bonds. The van der Waals surface area contributed by atoms with Gasteiger partial charge in [0.2, 0.25) is 11.9 Å². The van der Waals surface area contributed by atoms with Gasteiger partial charge in [0, 0.05) is 45.5 Å². The van der Waals surface area contributed by atoms with Gasteiger partial charge in [-0.3, -0.25) is 4.79 Å². The normalized spacial score (nSPS) is 22.5. The van der Waals surface area contributed by atoms with Crippen molar-refractivity contribution in [2.45, 2.75) is 19.4 Å². The molecule has 8 nitrogen and oxygen atoms in total. The van der Waals surface area contributed by atoms with E-state index in [-0.39, 0.29) is 18.5 Å². The number of nitrogens with zero attached hydrogens (tertiary/aromatic N) is 5. The van der Waals surface area contributed by atoms with Crippen LogP contribution in [0.1, 0.15) is 13.3 Å². The minimum Gasteiger partial charge on any atom is -0.369 e. The lowest BCUT2D eigenvalue weighted by atomic mass is 10.1. The van der Waals surface area contributed by atoms with Crippen LogP contribution < -0.4 is 20.4 Å². The molecule has 4 rings (SSSR count). The highest BCUT2D eigenvalue weighted by molar-refractivity contribution is 5.87. The fourth-order valence-electron chi connectivity index (χ4n) is 4.31. The van der Waals surface area contributed by atoms with E-state index in [4.69, 9.17) is 10.2 Å². The number of rotatable bonds is 4. The van der Waals surface area contributed by atoms with Crippen LogP contribution in [0.4, 0.5) is 11.6 Å². The molecule has 2 aliphatic heterocycles. The Morgan fingerprint density at radius 3 is 2.93 bits per heavy atom. The maximum atomic E-state index is 12.6. The Bertz CT molecular complexity index is 909. The number of nitrogens with one attached hydrogen (secondary N) is 2. The second kappa shape index (κ2) is 7.68. The van der Waals surface area contributed by atoms with Crippen LogP contribution in [-0.4, -0.2) is 60.8 Å². The van der Waals surface area contributed by atoms with Crippen LogP contribution in [0.2, 0.25) is 0 Å². The average Bonchev–Trinajstić information content (AvgIpc) is 3.26. The molecular weight excluding hydrogens is 354 g/mol. The van der Waals surface area contributed by atoms with E-state index in [0.717, 1.165) is 56.1 Å². The summed E-state index contributed by atoms with van der Waals surface area (Å²) in [5, 5.41) is 14.9. The van der Waals surface area contributed by atoms with E-state index in [2.05, 4.69) is 50.1 Å². The van der Waals surface area contributed by atoms with E-state index in [1.807, 2.05) is 13.1 Å². The van der Waals surface area contributed by atoms with E-state index < -0.39 is 0 Å². The lowest BCUT2D eigenvalue weighted by Gasteiger charge is -2.29. The van der Waals surface area contributed by atoms with Crippen molar-refractivity contribution in [1.29, 1.82) is 5.26 Å². The molecule has 0 saturated carbocycles. The van der Waals surface area contributed by atoms with Gasteiger partial charge in [0.15, 0.2) is 0 Å². The third kappa shape index (κ3) is 3.38. The molecule has 0 unspecified atom stereocenters. The van der Waals surface area contributed by atoms with Gasteiger partial charge in [-0.25, -0.2) is 4.98 Å². The highest BCUT2D eigenvalue weighted by Crippen LogP contribution is 2.32. The maximum Gasteiger partial charge on any atom is 0.243 e. The molecule has 0 aliphatic carbocycles. The topological polar surface area (TPSA) is 89.2 Å². The van der Waals surface area contributed by atoms with E-state index >= 15 is 0 Å². The highest BCUT2D eigenvalue weighted by Gasteiger charge is 2.37. The van der Waals surface area contributed by atoms with Crippen molar-refractivity contribution in [1.82, 2.24) is 20.2 Å². The number of fused-ring (bicyclic) bond motifs is 1. The fourth-order valence-corrected chi connectivity index (χ4v) is 4.31. The van der Waals surface area contributed by atoms with E-state index in [1.54, 1.807) is 0 Å². The highest BCUT2D eigenvalue weighted by atomic mass is 16.2. The molecule has 2 fully saturated rings. The Balaban J connectivity index is 1.64. The van der Waals surface area contributed by atoms with Crippen LogP contribution in [0.5, 0.6) is 0 Å². The van der Waals surface area contributed by atoms with Crippen molar-refractivity contribution in [3.8, 4) is 6.07 Å². The Morgan fingerprint density at radius 1 is 1.39 bits per heavy atom. The number of anilines is 2. The number of amides is 1. The molecular formula is C20H27N7O. The zero-order valence-corrected chi connectivity index (χ0v) is 16.5. The molecule has 2 aliphatic rings. The number of benzene rings is 1. The number of aryl methyl sites for hydroxylation is 1. The van der Waals surface area contributed by atoms with Crippen molar-refractivity contribution >= 4 is 28.6 Å². The van der Waals surface area contributed by atoms with Gasteiger partial charge in [0.25, 0.3) is 0 Å². The van der Waals surface area contributed by atoms with Gasteiger partial charge in [0.1, 0.15) is 12.6 Å². The average molecular weight is 381 g/mol. The number of carbonyl (C=O) groups excluding carboxylic acids is 1. The van der Waals surface area contributed by atoms with E-state index in [1.165, 1.54) is 5.69 Å². The van der Waals surface area contributed by atoms with Gasteiger partial charge < -0.3 is 25.0 Å². The molecule has 1 aromatic heterocycles. The van der Waals surface area contributed by atoms with Crippen molar-refractivity contribution < 1.29 is 4.79 Å². The fraction of sp³-hybridized carbons (Fsp3) is 0.550. The Kier molecular flexibility index (Phi) is 5.09. The van der Waals surface area contributed by atoms with Crippen LogP contribution in [0.15, 0.2) is 18.2 Å². The smallest absolute Gasteiger partial charge is 0.243 e. The Hall–Kier alpha value is -2.79. The summed E-state index contributed by atoms with van der Waals surface area (Å²) in [7, 11) is 2.00. The van der Waals surface area contributed by atoms with Gasteiger partial charge in [-0.1, -0.05) is 6.92 Å². The zero-order chi connectivity index (χ0) is 19.7. The molecule has 148 valence electrons. The van der Waals surface area contributed by atoms with Gasteiger partial charge in [-0.15, -0.1) is 0 Å². The predicted molar refractivity (Wildman–Crippen MR) is 109 cm³/mol. The molecule has 0 bridgehead atoms. The van der Waals surface area contributed by atoms with Crippen LogP contribution >= 0.6 is 0 Å². The standard InChI is InChI=1S/C20H27N7O/c1-14-11-18(19(28)23-6-5-21)27(13-14)20-24-16-12-15(3-4-17(16)25(20)2)26-9-7-22-8-10-26/h3-4,12,14,18,22H,6-11,13H2,1-2H3,(H,23,28)/t14-,18-/m0/s1.